The summed E-state index contributed by atoms with van der Waals surface area (Å²) in [5, 5.41) is 6.17. The summed E-state index contributed by atoms with van der Waals surface area (Å²) in [5.74, 6) is -0.315. The van der Waals surface area contributed by atoms with Gasteiger partial charge in [-0.3, -0.25) is 9.78 Å². The molecule has 2 rings (SSSR count). The van der Waals surface area contributed by atoms with E-state index in [2.05, 4.69) is 39.4 Å². The van der Waals surface area contributed by atoms with Crippen LogP contribution in [-0.4, -0.2) is 26.9 Å². The number of hydrogen-bond acceptors (Lipinski definition) is 6. The Kier molecular flexibility index (Phi) is 5.24. The van der Waals surface area contributed by atoms with Crippen molar-refractivity contribution in [3.05, 3.63) is 36.5 Å². The first-order valence-corrected chi connectivity index (χ1v) is 7.24. The van der Waals surface area contributed by atoms with Gasteiger partial charge in [0, 0.05) is 24.6 Å². The third-order valence-electron chi connectivity index (χ3n) is 3.36. The Bertz CT molecular complexity index is 641. The maximum atomic E-state index is 12.3. The van der Waals surface area contributed by atoms with Gasteiger partial charge in [0.25, 0.3) is 5.91 Å². The zero-order valence-electron chi connectivity index (χ0n) is 12.7. The van der Waals surface area contributed by atoms with Crippen LogP contribution in [0.2, 0.25) is 0 Å². The fourth-order valence-electron chi connectivity index (χ4n) is 2.04. The van der Waals surface area contributed by atoms with Crippen LogP contribution in [0.25, 0.3) is 0 Å². The second-order valence-corrected chi connectivity index (χ2v) is 4.82. The molecule has 0 unspecified atom stereocenters. The van der Waals surface area contributed by atoms with Gasteiger partial charge in [-0.15, -0.1) is 0 Å². The third kappa shape index (κ3) is 3.69. The van der Waals surface area contributed by atoms with Gasteiger partial charge < -0.3 is 16.4 Å². The highest BCUT2D eigenvalue weighted by molar-refractivity contribution is 6.06. The van der Waals surface area contributed by atoms with Gasteiger partial charge in [0.05, 0.1) is 17.6 Å². The van der Waals surface area contributed by atoms with E-state index in [0.29, 0.717) is 11.7 Å². The van der Waals surface area contributed by atoms with Crippen molar-refractivity contribution in [2.75, 3.05) is 16.4 Å². The molecule has 0 radical (unpaired) electrons. The summed E-state index contributed by atoms with van der Waals surface area (Å²) in [6.45, 7) is 4.22. The maximum absolute atomic E-state index is 12.3. The van der Waals surface area contributed by atoms with Crippen LogP contribution in [0.3, 0.4) is 0 Å². The van der Waals surface area contributed by atoms with Gasteiger partial charge in [-0.2, -0.15) is 0 Å². The average molecular weight is 300 g/mol. The number of anilines is 3. The third-order valence-corrected chi connectivity index (χ3v) is 3.36. The van der Waals surface area contributed by atoms with E-state index < -0.39 is 5.91 Å². The van der Waals surface area contributed by atoms with Crippen LogP contribution >= 0.6 is 0 Å². The SMILES string of the molecule is CCC(CC)Nc1ccncc1NC(=O)c1nccnc1N. The van der Waals surface area contributed by atoms with Crippen LogP contribution in [0.5, 0.6) is 0 Å². The van der Waals surface area contributed by atoms with E-state index in [1.165, 1.54) is 12.4 Å². The Morgan fingerprint density at radius 2 is 1.91 bits per heavy atom. The Labute approximate surface area is 129 Å². The van der Waals surface area contributed by atoms with Gasteiger partial charge in [-0.05, 0) is 18.9 Å². The molecule has 0 bridgehead atoms. The molecule has 1 amide bonds. The minimum Gasteiger partial charge on any atom is -0.382 e. The van der Waals surface area contributed by atoms with Crippen LogP contribution in [0.15, 0.2) is 30.9 Å². The Hall–Kier alpha value is -2.70. The molecule has 4 N–H and O–H groups in total. The van der Waals surface area contributed by atoms with Crippen LogP contribution < -0.4 is 16.4 Å². The number of amides is 1. The van der Waals surface area contributed by atoms with Crippen LogP contribution in [0.1, 0.15) is 37.2 Å². The average Bonchev–Trinajstić information content (AvgIpc) is 2.54. The normalized spacial score (nSPS) is 10.5. The molecule has 22 heavy (non-hydrogen) atoms. The number of nitrogen functional groups attached to an aromatic ring is 1. The summed E-state index contributed by atoms with van der Waals surface area (Å²) < 4.78 is 0. The molecule has 0 aliphatic heterocycles. The smallest absolute Gasteiger partial charge is 0.278 e. The fourth-order valence-corrected chi connectivity index (χ4v) is 2.04. The van der Waals surface area contributed by atoms with Crippen molar-refractivity contribution in [3.8, 4) is 0 Å². The number of carbonyl (C=O) groups excluding carboxylic acids is 1. The second-order valence-electron chi connectivity index (χ2n) is 4.82. The zero-order chi connectivity index (χ0) is 15.9. The minimum absolute atomic E-state index is 0.0957. The van der Waals surface area contributed by atoms with E-state index >= 15 is 0 Å². The lowest BCUT2D eigenvalue weighted by molar-refractivity contribution is 0.102. The van der Waals surface area contributed by atoms with E-state index in [9.17, 15) is 4.79 Å². The molecule has 0 aromatic carbocycles. The molecular formula is C15H20N6O. The van der Waals surface area contributed by atoms with Crippen molar-refractivity contribution >= 4 is 23.1 Å². The molecule has 2 heterocycles. The molecule has 0 saturated carbocycles. The fraction of sp³-hybridized carbons (Fsp3) is 0.333. The van der Waals surface area contributed by atoms with Gasteiger partial charge >= 0.3 is 0 Å². The molecule has 116 valence electrons. The molecule has 0 fully saturated rings. The first kappa shape index (κ1) is 15.7. The van der Waals surface area contributed by atoms with Crippen LogP contribution in [0.4, 0.5) is 17.2 Å². The molecule has 0 aliphatic carbocycles. The Morgan fingerprint density at radius 3 is 2.59 bits per heavy atom. The predicted octanol–water partition coefficient (Wildman–Crippen LogP) is 2.31. The van der Waals surface area contributed by atoms with Gasteiger partial charge in [0.1, 0.15) is 0 Å². The van der Waals surface area contributed by atoms with Crippen molar-refractivity contribution in [2.24, 2.45) is 0 Å². The number of hydrogen-bond donors (Lipinski definition) is 3. The number of pyridine rings is 1. The summed E-state index contributed by atoms with van der Waals surface area (Å²) in [6.07, 6.45) is 8.12. The standard InChI is InChI=1S/C15H20N6O/c1-3-10(4-2)20-11-5-6-17-9-12(11)21-15(22)13-14(16)19-8-7-18-13/h5-10H,3-4H2,1-2H3,(H2,16,19)(H,17,20)(H,21,22). The summed E-state index contributed by atoms with van der Waals surface area (Å²) in [5.41, 5.74) is 7.17. The molecule has 0 aliphatic rings. The summed E-state index contributed by atoms with van der Waals surface area (Å²) in [7, 11) is 0. The predicted molar refractivity (Wildman–Crippen MR) is 86.6 cm³/mol. The second kappa shape index (κ2) is 7.35. The van der Waals surface area contributed by atoms with E-state index in [0.717, 1.165) is 18.5 Å². The van der Waals surface area contributed by atoms with Crippen molar-refractivity contribution in [2.45, 2.75) is 32.7 Å². The van der Waals surface area contributed by atoms with E-state index in [4.69, 9.17) is 5.73 Å². The minimum atomic E-state index is -0.411. The Morgan fingerprint density at radius 1 is 1.18 bits per heavy atom. The molecule has 2 aromatic rings. The quantitative estimate of drug-likeness (QED) is 0.756. The first-order chi connectivity index (χ1) is 10.7. The van der Waals surface area contributed by atoms with Gasteiger partial charge in [0.2, 0.25) is 0 Å². The largest absolute Gasteiger partial charge is 0.382 e. The van der Waals surface area contributed by atoms with Crippen molar-refractivity contribution in [1.82, 2.24) is 15.0 Å². The lowest BCUT2D eigenvalue weighted by atomic mass is 10.1. The molecule has 2 aromatic heterocycles. The van der Waals surface area contributed by atoms with E-state index in [1.54, 1.807) is 12.4 Å². The lowest BCUT2D eigenvalue weighted by Crippen LogP contribution is -2.21. The van der Waals surface area contributed by atoms with Crippen LogP contribution in [0, 0.1) is 0 Å². The highest BCUT2D eigenvalue weighted by Gasteiger charge is 2.15. The summed E-state index contributed by atoms with van der Waals surface area (Å²) in [6, 6.07) is 2.16. The number of nitrogens with zero attached hydrogens (tertiary/aromatic N) is 3. The summed E-state index contributed by atoms with van der Waals surface area (Å²) >= 11 is 0. The highest BCUT2D eigenvalue weighted by Crippen LogP contribution is 2.22. The van der Waals surface area contributed by atoms with Gasteiger partial charge in [0.15, 0.2) is 11.5 Å². The molecule has 7 heteroatoms. The summed E-state index contributed by atoms with van der Waals surface area (Å²) in [4.78, 5) is 24.1. The first-order valence-electron chi connectivity index (χ1n) is 7.24. The van der Waals surface area contributed by atoms with Crippen LogP contribution in [-0.2, 0) is 0 Å². The highest BCUT2D eigenvalue weighted by atomic mass is 16.1. The number of nitrogens with two attached hydrogens (primary N) is 1. The monoisotopic (exact) mass is 300 g/mol. The molecule has 0 spiro atoms. The lowest BCUT2D eigenvalue weighted by Gasteiger charge is -2.19. The molecular weight excluding hydrogens is 280 g/mol. The molecule has 0 saturated heterocycles. The molecule has 7 nitrogen and oxygen atoms in total. The number of aromatic nitrogens is 3. The van der Waals surface area contributed by atoms with E-state index in [-0.39, 0.29) is 11.5 Å². The number of carbonyl (C=O) groups is 1. The van der Waals surface area contributed by atoms with Crippen molar-refractivity contribution in [3.63, 3.8) is 0 Å². The van der Waals surface area contributed by atoms with Crippen molar-refractivity contribution < 1.29 is 4.79 Å². The van der Waals surface area contributed by atoms with Crippen molar-refractivity contribution in [1.29, 1.82) is 0 Å². The zero-order valence-corrected chi connectivity index (χ0v) is 12.7. The van der Waals surface area contributed by atoms with E-state index in [1.807, 2.05) is 6.07 Å². The maximum Gasteiger partial charge on any atom is 0.278 e. The number of rotatable bonds is 6. The Balaban J connectivity index is 2.19. The van der Waals surface area contributed by atoms with Gasteiger partial charge in [-0.25, -0.2) is 9.97 Å². The number of nitrogens with one attached hydrogen (secondary N) is 2. The molecule has 0 atom stereocenters. The topological polar surface area (TPSA) is 106 Å². The van der Waals surface area contributed by atoms with Gasteiger partial charge in [-0.1, -0.05) is 13.8 Å².